The van der Waals surface area contributed by atoms with Crippen LogP contribution in [-0.2, 0) is 11.2 Å². The van der Waals surface area contributed by atoms with Gasteiger partial charge in [0.1, 0.15) is 0 Å². The molecule has 1 heterocycles. The lowest BCUT2D eigenvalue weighted by Gasteiger charge is -2.04. The molecule has 0 aromatic carbocycles. The van der Waals surface area contributed by atoms with Gasteiger partial charge in [-0.25, -0.2) is 4.98 Å². The number of nitrogens with zero attached hydrogens (tertiary/aromatic N) is 1. The highest BCUT2D eigenvalue weighted by atomic mass is 32.1. The van der Waals surface area contributed by atoms with Crippen LogP contribution in [0.4, 0.5) is 0 Å². The molecule has 17 heavy (non-hydrogen) atoms. The van der Waals surface area contributed by atoms with Crippen molar-refractivity contribution in [3.8, 4) is 0 Å². The van der Waals surface area contributed by atoms with Crippen molar-refractivity contribution in [2.24, 2.45) is 0 Å². The number of rotatable bonds is 8. The molecule has 0 aliphatic carbocycles. The van der Waals surface area contributed by atoms with Gasteiger partial charge < -0.3 is 10.6 Å². The van der Waals surface area contributed by atoms with E-state index in [2.05, 4.69) is 21.0 Å². The average Bonchev–Trinajstić information content (AvgIpc) is 2.71. The van der Waals surface area contributed by atoms with E-state index in [4.69, 9.17) is 0 Å². The van der Waals surface area contributed by atoms with Crippen molar-refractivity contribution in [1.29, 1.82) is 0 Å². The van der Waals surface area contributed by atoms with Gasteiger partial charge in [-0.05, 0) is 39.8 Å². The van der Waals surface area contributed by atoms with Gasteiger partial charge in [0, 0.05) is 18.3 Å². The highest BCUT2D eigenvalue weighted by molar-refractivity contribution is 7.09. The van der Waals surface area contributed by atoms with Crippen LogP contribution in [0.15, 0.2) is 5.38 Å². The van der Waals surface area contributed by atoms with Gasteiger partial charge >= 0.3 is 0 Å². The van der Waals surface area contributed by atoms with Crippen molar-refractivity contribution in [3.05, 3.63) is 16.1 Å². The van der Waals surface area contributed by atoms with Crippen molar-refractivity contribution < 1.29 is 4.79 Å². The van der Waals surface area contributed by atoms with Gasteiger partial charge in [-0.15, -0.1) is 11.3 Å². The maximum absolute atomic E-state index is 11.5. The number of nitrogens with one attached hydrogen (secondary N) is 2. The van der Waals surface area contributed by atoms with Gasteiger partial charge in [0.05, 0.1) is 10.7 Å². The van der Waals surface area contributed by atoms with Gasteiger partial charge in [0.15, 0.2) is 0 Å². The first kappa shape index (κ1) is 14.1. The number of hydrogen-bond acceptors (Lipinski definition) is 4. The maximum atomic E-state index is 11.5. The summed E-state index contributed by atoms with van der Waals surface area (Å²) in [6.45, 7) is 3.70. The number of carbonyl (C=O) groups is 1. The molecule has 0 fully saturated rings. The van der Waals surface area contributed by atoms with Crippen LogP contribution >= 0.6 is 11.3 Å². The Morgan fingerprint density at radius 2 is 2.24 bits per heavy atom. The molecule has 0 aliphatic rings. The van der Waals surface area contributed by atoms with Crippen molar-refractivity contribution in [3.63, 3.8) is 0 Å². The van der Waals surface area contributed by atoms with Crippen molar-refractivity contribution in [2.75, 3.05) is 20.1 Å². The van der Waals surface area contributed by atoms with Crippen LogP contribution in [0.3, 0.4) is 0 Å². The van der Waals surface area contributed by atoms with E-state index in [0.717, 1.165) is 43.1 Å². The van der Waals surface area contributed by atoms with Gasteiger partial charge in [0.2, 0.25) is 5.91 Å². The predicted octanol–water partition coefficient (Wildman–Crippen LogP) is 1.50. The summed E-state index contributed by atoms with van der Waals surface area (Å²) in [5.41, 5.74) is 1.11. The molecule has 96 valence electrons. The second kappa shape index (κ2) is 8.20. The Bertz CT molecular complexity index is 338. The van der Waals surface area contributed by atoms with E-state index >= 15 is 0 Å². The Morgan fingerprint density at radius 1 is 1.41 bits per heavy atom. The molecule has 1 aromatic rings. The smallest absolute Gasteiger partial charge is 0.220 e. The minimum absolute atomic E-state index is 0.146. The second-order valence-electron chi connectivity index (χ2n) is 4.02. The fourth-order valence-electron chi connectivity index (χ4n) is 1.53. The van der Waals surface area contributed by atoms with Crippen LogP contribution in [0.5, 0.6) is 0 Å². The van der Waals surface area contributed by atoms with Crippen LogP contribution in [0.1, 0.15) is 30.0 Å². The number of hydrogen-bond donors (Lipinski definition) is 2. The molecular weight excluding hydrogens is 234 g/mol. The van der Waals surface area contributed by atoms with E-state index in [1.165, 1.54) is 0 Å². The third kappa shape index (κ3) is 6.38. The molecule has 1 rings (SSSR count). The van der Waals surface area contributed by atoms with E-state index in [1.807, 2.05) is 14.0 Å². The number of thiazole rings is 1. The quantitative estimate of drug-likeness (QED) is 0.692. The maximum Gasteiger partial charge on any atom is 0.220 e. The summed E-state index contributed by atoms with van der Waals surface area (Å²) in [4.78, 5) is 15.8. The van der Waals surface area contributed by atoms with Gasteiger partial charge in [-0.1, -0.05) is 0 Å². The van der Waals surface area contributed by atoms with E-state index in [1.54, 1.807) is 11.3 Å². The van der Waals surface area contributed by atoms with Crippen LogP contribution in [0.2, 0.25) is 0 Å². The zero-order valence-corrected chi connectivity index (χ0v) is 11.4. The van der Waals surface area contributed by atoms with Crippen molar-refractivity contribution in [2.45, 2.75) is 32.6 Å². The number of aromatic nitrogens is 1. The first-order valence-electron chi connectivity index (χ1n) is 6.04. The summed E-state index contributed by atoms with van der Waals surface area (Å²) >= 11 is 1.66. The summed E-state index contributed by atoms with van der Waals surface area (Å²) in [6, 6.07) is 0. The van der Waals surface area contributed by atoms with Crippen LogP contribution in [-0.4, -0.2) is 31.0 Å². The van der Waals surface area contributed by atoms with Gasteiger partial charge in [-0.3, -0.25) is 4.79 Å². The molecule has 0 radical (unpaired) electrons. The van der Waals surface area contributed by atoms with Gasteiger partial charge in [0.25, 0.3) is 0 Å². The van der Waals surface area contributed by atoms with Crippen LogP contribution in [0.25, 0.3) is 0 Å². The lowest BCUT2D eigenvalue weighted by Crippen LogP contribution is -2.26. The highest BCUT2D eigenvalue weighted by Crippen LogP contribution is 2.10. The Labute approximate surface area is 107 Å². The average molecular weight is 255 g/mol. The minimum atomic E-state index is 0.146. The standard InChI is InChI=1S/C12H21N3OS/c1-10-15-11(9-17-10)5-3-6-12(16)14-8-4-7-13-2/h9,13H,3-8H2,1-2H3,(H,14,16). The predicted molar refractivity (Wildman–Crippen MR) is 71.3 cm³/mol. The molecule has 1 aromatic heterocycles. The zero-order chi connectivity index (χ0) is 12.5. The zero-order valence-electron chi connectivity index (χ0n) is 10.6. The third-order valence-corrected chi connectivity index (χ3v) is 3.25. The normalized spacial score (nSPS) is 10.5. The fourth-order valence-corrected chi connectivity index (χ4v) is 2.18. The molecule has 1 amide bonds. The summed E-state index contributed by atoms with van der Waals surface area (Å²) in [5, 5.41) is 9.13. The van der Waals surface area contributed by atoms with Crippen molar-refractivity contribution in [1.82, 2.24) is 15.6 Å². The minimum Gasteiger partial charge on any atom is -0.356 e. The molecule has 0 saturated carbocycles. The van der Waals surface area contributed by atoms with E-state index in [9.17, 15) is 4.79 Å². The summed E-state index contributed by atoms with van der Waals surface area (Å²) in [5.74, 6) is 0.146. The Hall–Kier alpha value is -0.940. The van der Waals surface area contributed by atoms with Crippen LogP contribution in [0, 0.1) is 6.92 Å². The fraction of sp³-hybridized carbons (Fsp3) is 0.667. The van der Waals surface area contributed by atoms with Crippen LogP contribution < -0.4 is 10.6 Å². The van der Waals surface area contributed by atoms with E-state index in [0.29, 0.717) is 6.42 Å². The molecule has 0 saturated heterocycles. The monoisotopic (exact) mass is 255 g/mol. The SMILES string of the molecule is CNCCCNC(=O)CCCc1csc(C)n1. The molecule has 5 heteroatoms. The molecule has 0 unspecified atom stereocenters. The Morgan fingerprint density at radius 3 is 2.88 bits per heavy atom. The lowest BCUT2D eigenvalue weighted by molar-refractivity contribution is -0.121. The summed E-state index contributed by atoms with van der Waals surface area (Å²) in [7, 11) is 1.91. The molecule has 2 N–H and O–H groups in total. The third-order valence-electron chi connectivity index (χ3n) is 2.43. The highest BCUT2D eigenvalue weighted by Gasteiger charge is 2.02. The molecular formula is C12H21N3OS. The molecule has 0 bridgehead atoms. The molecule has 4 nitrogen and oxygen atoms in total. The Balaban J connectivity index is 2.04. The first-order valence-corrected chi connectivity index (χ1v) is 6.92. The largest absolute Gasteiger partial charge is 0.356 e. The summed E-state index contributed by atoms with van der Waals surface area (Å²) in [6.07, 6.45) is 3.35. The van der Waals surface area contributed by atoms with Gasteiger partial charge in [-0.2, -0.15) is 0 Å². The van der Waals surface area contributed by atoms with Crippen molar-refractivity contribution >= 4 is 17.2 Å². The number of amides is 1. The molecule has 0 atom stereocenters. The topological polar surface area (TPSA) is 54.0 Å². The van der Waals surface area contributed by atoms with E-state index < -0.39 is 0 Å². The molecule has 0 aliphatic heterocycles. The second-order valence-corrected chi connectivity index (χ2v) is 5.08. The number of aryl methyl sites for hydroxylation is 2. The first-order chi connectivity index (χ1) is 8.22. The number of carbonyl (C=O) groups excluding carboxylic acids is 1. The lowest BCUT2D eigenvalue weighted by atomic mass is 10.2. The Kier molecular flexibility index (Phi) is 6.81. The van der Waals surface area contributed by atoms with E-state index in [-0.39, 0.29) is 5.91 Å². The summed E-state index contributed by atoms with van der Waals surface area (Å²) < 4.78 is 0. The molecule has 0 spiro atoms.